The second-order valence-corrected chi connectivity index (χ2v) is 4.02. The Hall–Kier alpha value is -1.74. The van der Waals surface area contributed by atoms with Crippen molar-refractivity contribution in [3.05, 3.63) is 36.4 Å². The molecule has 0 spiro atoms. The Morgan fingerprint density at radius 1 is 1.19 bits per heavy atom. The minimum absolute atomic E-state index is 0.0968. The minimum atomic E-state index is -0.0968. The Bertz CT molecular complexity index is 533. The smallest absolute Gasteiger partial charge is 0.207 e. The summed E-state index contributed by atoms with van der Waals surface area (Å²) in [5, 5.41) is 5.88. The van der Waals surface area contributed by atoms with E-state index in [9.17, 15) is 0 Å². The predicted molar refractivity (Wildman–Crippen MR) is 66.8 cm³/mol. The van der Waals surface area contributed by atoms with E-state index in [1.54, 1.807) is 7.11 Å². The molecule has 0 amide bonds. The van der Waals surface area contributed by atoms with Crippen molar-refractivity contribution in [2.75, 3.05) is 24.4 Å². The van der Waals surface area contributed by atoms with Gasteiger partial charge in [0.25, 0.3) is 0 Å². The SMILES string of the molecule is COC1Nc2cccc3cccc(c23)N1C. The molecule has 0 fully saturated rings. The molecule has 3 rings (SSSR count). The highest BCUT2D eigenvalue weighted by atomic mass is 16.5. The third kappa shape index (κ3) is 1.18. The monoisotopic (exact) mass is 214 g/mol. The Morgan fingerprint density at radius 3 is 2.69 bits per heavy atom. The summed E-state index contributed by atoms with van der Waals surface area (Å²) in [5.74, 6) is 0. The van der Waals surface area contributed by atoms with Gasteiger partial charge in [0.05, 0.1) is 0 Å². The van der Waals surface area contributed by atoms with E-state index >= 15 is 0 Å². The van der Waals surface area contributed by atoms with Crippen molar-refractivity contribution in [1.82, 2.24) is 0 Å². The van der Waals surface area contributed by atoms with Crippen molar-refractivity contribution in [2.24, 2.45) is 0 Å². The Balaban J connectivity index is 2.31. The van der Waals surface area contributed by atoms with Crippen molar-refractivity contribution >= 4 is 22.1 Å². The van der Waals surface area contributed by atoms with Crippen molar-refractivity contribution in [3.63, 3.8) is 0 Å². The number of hydrogen-bond acceptors (Lipinski definition) is 3. The van der Waals surface area contributed by atoms with Crippen LogP contribution in [0.25, 0.3) is 10.8 Å². The molecule has 2 aromatic rings. The second kappa shape index (κ2) is 3.39. The van der Waals surface area contributed by atoms with Gasteiger partial charge in [-0.2, -0.15) is 0 Å². The van der Waals surface area contributed by atoms with Gasteiger partial charge in [0, 0.05) is 30.9 Å². The van der Waals surface area contributed by atoms with Gasteiger partial charge < -0.3 is 15.0 Å². The predicted octanol–water partition coefficient (Wildman–Crippen LogP) is 2.63. The number of rotatable bonds is 1. The van der Waals surface area contributed by atoms with E-state index in [1.165, 1.54) is 16.5 Å². The van der Waals surface area contributed by atoms with Crippen LogP contribution in [0, 0.1) is 0 Å². The molecule has 82 valence electrons. The second-order valence-electron chi connectivity index (χ2n) is 4.02. The summed E-state index contributed by atoms with van der Waals surface area (Å²) in [7, 11) is 3.74. The lowest BCUT2D eigenvalue weighted by molar-refractivity contribution is 0.125. The Morgan fingerprint density at radius 2 is 1.94 bits per heavy atom. The molecule has 16 heavy (non-hydrogen) atoms. The van der Waals surface area contributed by atoms with Crippen molar-refractivity contribution in [3.8, 4) is 0 Å². The molecule has 3 heteroatoms. The number of benzene rings is 2. The maximum absolute atomic E-state index is 5.41. The van der Waals surface area contributed by atoms with Crippen LogP contribution in [0.2, 0.25) is 0 Å². The van der Waals surface area contributed by atoms with E-state index in [4.69, 9.17) is 4.74 Å². The van der Waals surface area contributed by atoms with Crippen LogP contribution in [0.1, 0.15) is 0 Å². The summed E-state index contributed by atoms with van der Waals surface area (Å²) in [4.78, 5) is 2.11. The molecule has 0 aromatic heterocycles. The van der Waals surface area contributed by atoms with Crippen LogP contribution in [-0.4, -0.2) is 20.5 Å². The molecule has 0 aliphatic carbocycles. The average Bonchev–Trinajstić information content (AvgIpc) is 2.33. The highest BCUT2D eigenvalue weighted by molar-refractivity contribution is 6.04. The number of nitrogens with zero attached hydrogens (tertiary/aromatic N) is 1. The van der Waals surface area contributed by atoms with Crippen LogP contribution in [0.15, 0.2) is 36.4 Å². The van der Waals surface area contributed by atoms with E-state index in [0.29, 0.717) is 0 Å². The largest absolute Gasteiger partial charge is 0.344 e. The van der Waals surface area contributed by atoms with Crippen molar-refractivity contribution in [1.29, 1.82) is 0 Å². The fourth-order valence-corrected chi connectivity index (χ4v) is 2.31. The third-order valence-electron chi connectivity index (χ3n) is 3.12. The number of nitrogens with one attached hydrogen (secondary N) is 1. The van der Waals surface area contributed by atoms with E-state index in [2.05, 4.69) is 46.6 Å². The van der Waals surface area contributed by atoms with Gasteiger partial charge >= 0.3 is 0 Å². The molecule has 1 atom stereocenters. The van der Waals surface area contributed by atoms with E-state index in [0.717, 1.165) is 5.69 Å². The van der Waals surface area contributed by atoms with Gasteiger partial charge in [-0.05, 0) is 17.5 Å². The Kier molecular flexibility index (Phi) is 2.01. The first-order chi connectivity index (χ1) is 7.81. The first kappa shape index (κ1) is 9.48. The van der Waals surface area contributed by atoms with Crippen LogP contribution in [0.4, 0.5) is 11.4 Å². The number of anilines is 2. The lowest BCUT2D eigenvalue weighted by Crippen LogP contribution is -2.42. The lowest BCUT2D eigenvalue weighted by Gasteiger charge is -2.35. The van der Waals surface area contributed by atoms with Gasteiger partial charge in [0.1, 0.15) is 0 Å². The summed E-state index contributed by atoms with van der Waals surface area (Å²) in [6.07, 6.45) is -0.0968. The quantitative estimate of drug-likeness (QED) is 0.789. The molecule has 0 saturated carbocycles. The summed E-state index contributed by atoms with van der Waals surface area (Å²) < 4.78 is 5.41. The lowest BCUT2D eigenvalue weighted by atomic mass is 10.0. The molecule has 2 aromatic carbocycles. The molecule has 1 N–H and O–H groups in total. The first-order valence-corrected chi connectivity index (χ1v) is 5.35. The zero-order chi connectivity index (χ0) is 11.1. The molecule has 0 saturated heterocycles. The van der Waals surface area contributed by atoms with Crippen LogP contribution in [0.3, 0.4) is 0 Å². The molecule has 0 bridgehead atoms. The molecule has 1 aliphatic heterocycles. The first-order valence-electron chi connectivity index (χ1n) is 5.35. The number of methoxy groups -OCH3 is 1. The van der Waals surface area contributed by atoms with Gasteiger partial charge in [-0.25, -0.2) is 0 Å². The average molecular weight is 214 g/mol. The van der Waals surface area contributed by atoms with Gasteiger partial charge in [-0.15, -0.1) is 0 Å². The third-order valence-corrected chi connectivity index (χ3v) is 3.12. The summed E-state index contributed by atoms with van der Waals surface area (Å²) in [6.45, 7) is 0. The van der Waals surface area contributed by atoms with Crippen LogP contribution >= 0.6 is 0 Å². The molecular formula is C13H14N2O. The van der Waals surface area contributed by atoms with Gasteiger partial charge in [0.2, 0.25) is 6.35 Å². The van der Waals surface area contributed by atoms with E-state index in [-0.39, 0.29) is 6.35 Å². The van der Waals surface area contributed by atoms with Gasteiger partial charge in [-0.1, -0.05) is 24.3 Å². The molecule has 0 radical (unpaired) electrons. The maximum Gasteiger partial charge on any atom is 0.207 e. The number of hydrogen-bond donors (Lipinski definition) is 1. The zero-order valence-electron chi connectivity index (χ0n) is 9.40. The van der Waals surface area contributed by atoms with Crippen molar-refractivity contribution in [2.45, 2.75) is 6.35 Å². The van der Waals surface area contributed by atoms with Crippen LogP contribution in [-0.2, 0) is 4.74 Å². The van der Waals surface area contributed by atoms with Gasteiger partial charge in [0.15, 0.2) is 0 Å². The summed E-state index contributed by atoms with van der Waals surface area (Å²) in [6, 6.07) is 12.6. The summed E-state index contributed by atoms with van der Waals surface area (Å²) >= 11 is 0. The van der Waals surface area contributed by atoms with E-state index < -0.39 is 0 Å². The minimum Gasteiger partial charge on any atom is -0.344 e. The molecule has 3 nitrogen and oxygen atoms in total. The van der Waals surface area contributed by atoms with Crippen molar-refractivity contribution < 1.29 is 4.74 Å². The maximum atomic E-state index is 5.41. The molecule has 1 unspecified atom stereocenters. The van der Waals surface area contributed by atoms with Gasteiger partial charge in [-0.3, -0.25) is 0 Å². The highest BCUT2D eigenvalue weighted by Crippen LogP contribution is 2.37. The zero-order valence-corrected chi connectivity index (χ0v) is 9.40. The molecule has 1 heterocycles. The molecular weight excluding hydrogens is 200 g/mol. The fourth-order valence-electron chi connectivity index (χ4n) is 2.31. The molecule has 1 aliphatic rings. The van der Waals surface area contributed by atoms with Crippen LogP contribution in [0.5, 0.6) is 0 Å². The summed E-state index contributed by atoms with van der Waals surface area (Å²) in [5.41, 5.74) is 2.34. The van der Waals surface area contributed by atoms with E-state index in [1.807, 2.05) is 7.05 Å². The normalized spacial score (nSPS) is 18.6. The Labute approximate surface area is 94.6 Å². The standard InChI is InChI=1S/C13H14N2O/c1-15-11-8-4-6-9-5-3-7-10(12(9)11)14-13(15)16-2/h3-8,13-14H,1-2H3. The topological polar surface area (TPSA) is 24.5 Å². The van der Waals surface area contributed by atoms with Crippen LogP contribution < -0.4 is 10.2 Å². The number of ether oxygens (including phenoxy) is 1. The fraction of sp³-hybridized carbons (Fsp3) is 0.231. The highest BCUT2D eigenvalue weighted by Gasteiger charge is 2.23.